The molecule has 2 heterocycles. The van der Waals surface area contributed by atoms with Gasteiger partial charge in [0.25, 0.3) is 11.6 Å². The molecule has 3 aromatic carbocycles. The molecule has 0 aliphatic carbocycles. The van der Waals surface area contributed by atoms with E-state index in [0.717, 1.165) is 11.1 Å². The van der Waals surface area contributed by atoms with Crippen molar-refractivity contribution in [2.75, 3.05) is 4.90 Å². The summed E-state index contributed by atoms with van der Waals surface area (Å²) in [4.78, 5) is 30.3. The third kappa shape index (κ3) is 3.76. The lowest BCUT2D eigenvalue weighted by atomic mass is 9.91. The summed E-state index contributed by atoms with van der Waals surface area (Å²) < 4.78 is 1.79. The number of rotatable bonds is 4. The van der Waals surface area contributed by atoms with Gasteiger partial charge in [-0.2, -0.15) is 10.1 Å². The number of nitro benzene ring substituents is 1. The van der Waals surface area contributed by atoms with Gasteiger partial charge in [-0.15, -0.1) is 0 Å². The zero-order chi connectivity index (χ0) is 22.9. The molecule has 1 aromatic heterocycles. The van der Waals surface area contributed by atoms with Crippen LogP contribution in [0.2, 0.25) is 0 Å². The Bertz CT molecular complexity index is 1300. The highest BCUT2D eigenvalue weighted by molar-refractivity contribution is 6.06. The Morgan fingerprint density at radius 1 is 0.939 bits per heavy atom. The molecule has 1 amide bonds. The van der Waals surface area contributed by atoms with Crippen molar-refractivity contribution in [2.24, 2.45) is 0 Å². The second-order valence-corrected chi connectivity index (χ2v) is 8.07. The fourth-order valence-electron chi connectivity index (χ4n) is 4.32. The lowest BCUT2D eigenvalue weighted by Crippen LogP contribution is -2.42. The van der Waals surface area contributed by atoms with Gasteiger partial charge in [0, 0.05) is 17.7 Å². The molecule has 2 atom stereocenters. The van der Waals surface area contributed by atoms with Crippen molar-refractivity contribution in [1.29, 1.82) is 0 Å². The van der Waals surface area contributed by atoms with Gasteiger partial charge in [0.2, 0.25) is 5.95 Å². The first-order valence-electron chi connectivity index (χ1n) is 10.6. The SMILES string of the molecule is Cc1ccc([C@@H]2C[C@@H](c3ccccc3)N(C(=O)c3ccc([N+](=O)[O-])cc3)c3ncnn32)cc1. The van der Waals surface area contributed by atoms with Gasteiger partial charge in [0.05, 0.1) is 17.0 Å². The molecule has 0 radical (unpaired) electrons. The molecular weight excluding hydrogens is 418 g/mol. The van der Waals surface area contributed by atoms with Crippen LogP contribution >= 0.6 is 0 Å². The molecule has 0 fully saturated rings. The average Bonchev–Trinajstić information content (AvgIpc) is 3.34. The van der Waals surface area contributed by atoms with Gasteiger partial charge in [0.1, 0.15) is 6.33 Å². The standard InChI is InChI=1S/C25H21N5O3/c1-17-7-9-19(10-8-17)23-15-22(18-5-3-2-4-6-18)28(25-26-16-27-29(23)25)24(31)20-11-13-21(14-12-20)30(32)33/h2-14,16,22-23H,15H2,1H3/t22-,23-/m0/s1. The first kappa shape index (κ1) is 20.6. The van der Waals surface area contributed by atoms with Crippen LogP contribution in [0.1, 0.15) is 45.6 Å². The predicted octanol–water partition coefficient (Wildman–Crippen LogP) is 4.88. The van der Waals surface area contributed by atoms with Gasteiger partial charge in [-0.1, -0.05) is 60.2 Å². The van der Waals surface area contributed by atoms with Crippen molar-refractivity contribution in [2.45, 2.75) is 25.4 Å². The number of carbonyl (C=O) groups excluding carboxylic acids is 1. The van der Waals surface area contributed by atoms with Crippen LogP contribution in [-0.2, 0) is 0 Å². The molecule has 8 heteroatoms. The zero-order valence-electron chi connectivity index (χ0n) is 17.9. The highest BCUT2D eigenvalue weighted by Gasteiger charge is 2.39. The molecule has 8 nitrogen and oxygen atoms in total. The number of anilines is 1. The first-order chi connectivity index (χ1) is 16.0. The Balaban J connectivity index is 1.61. The van der Waals surface area contributed by atoms with Gasteiger partial charge in [-0.3, -0.25) is 19.8 Å². The van der Waals surface area contributed by atoms with E-state index in [4.69, 9.17) is 0 Å². The summed E-state index contributed by atoms with van der Waals surface area (Å²) in [6, 6.07) is 23.4. The maximum atomic E-state index is 13.7. The number of benzene rings is 3. The van der Waals surface area contributed by atoms with Crippen molar-refractivity contribution in [3.63, 3.8) is 0 Å². The minimum absolute atomic E-state index is 0.0626. The van der Waals surface area contributed by atoms with E-state index in [0.29, 0.717) is 17.9 Å². The van der Waals surface area contributed by atoms with E-state index in [1.807, 2.05) is 37.3 Å². The summed E-state index contributed by atoms with van der Waals surface area (Å²) in [5.41, 5.74) is 3.54. The first-order valence-corrected chi connectivity index (χ1v) is 10.6. The topological polar surface area (TPSA) is 94.2 Å². The molecule has 0 unspecified atom stereocenters. The van der Waals surface area contributed by atoms with Gasteiger partial charge >= 0.3 is 0 Å². The molecule has 0 N–H and O–H groups in total. The number of non-ortho nitro benzene ring substituents is 1. The number of fused-ring (bicyclic) bond motifs is 1. The normalized spacial score (nSPS) is 17.4. The van der Waals surface area contributed by atoms with Crippen molar-refractivity contribution >= 4 is 17.5 Å². The Morgan fingerprint density at radius 2 is 1.61 bits per heavy atom. The van der Waals surface area contributed by atoms with Gasteiger partial charge < -0.3 is 0 Å². The van der Waals surface area contributed by atoms with Crippen molar-refractivity contribution < 1.29 is 9.72 Å². The Labute approximate surface area is 190 Å². The number of amides is 1. The second-order valence-electron chi connectivity index (χ2n) is 8.07. The van der Waals surface area contributed by atoms with E-state index in [9.17, 15) is 14.9 Å². The minimum Gasteiger partial charge on any atom is -0.269 e. The van der Waals surface area contributed by atoms with E-state index in [2.05, 4.69) is 34.3 Å². The molecule has 5 rings (SSSR count). The van der Waals surface area contributed by atoms with E-state index in [-0.39, 0.29) is 23.7 Å². The number of hydrogen-bond donors (Lipinski definition) is 0. The van der Waals surface area contributed by atoms with Gasteiger partial charge in [-0.25, -0.2) is 4.68 Å². The quantitative estimate of drug-likeness (QED) is 0.334. The maximum absolute atomic E-state index is 13.7. The lowest BCUT2D eigenvalue weighted by Gasteiger charge is -2.39. The van der Waals surface area contributed by atoms with E-state index in [1.165, 1.54) is 36.2 Å². The highest BCUT2D eigenvalue weighted by Crippen LogP contribution is 2.42. The number of aryl methyl sites for hydroxylation is 1. The maximum Gasteiger partial charge on any atom is 0.269 e. The monoisotopic (exact) mass is 439 g/mol. The Kier molecular flexibility index (Phi) is 5.18. The predicted molar refractivity (Wildman–Crippen MR) is 123 cm³/mol. The zero-order valence-corrected chi connectivity index (χ0v) is 17.9. The summed E-state index contributed by atoms with van der Waals surface area (Å²) in [6.45, 7) is 2.04. The molecule has 0 bridgehead atoms. The largest absolute Gasteiger partial charge is 0.269 e. The smallest absolute Gasteiger partial charge is 0.269 e. The summed E-state index contributed by atoms with van der Waals surface area (Å²) in [6.07, 6.45) is 2.07. The Morgan fingerprint density at radius 3 is 2.27 bits per heavy atom. The number of carbonyl (C=O) groups is 1. The lowest BCUT2D eigenvalue weighted by molar-refractivity contribution is -0.384. The van der Waals surface area contributed by atoms with Crippen LogP contribution in [-0.4, -0.2) is 25.6 Å². The molecular formula is C25H21N5O3. The van der Waals surface area contributed by atoms with Crippen LogP contribution in [0.15, 0.2) is 85.2 Å². The fourth-order valence-corrected chi connectivity index (χ4v) is 4.32. The van der Waals surface area contributed by atoms with Crippen LogP contribution in [0.4, 0.5) is 11.6 Å². The minimum atomic E-state index is -0.481. The number of aromatic nitrogens is 3. The molecule has 164 valence electrons. The molecule has 4 aromatic rings. The summed E-state index contributed by atoms with van der Waals surface area (Å²) in [7, 11) is 0. The van der Waals surface area contributed by atoms with E-state index < -0.39 is 4.92 Å². The molecule has 1 aliphatic heterocycles. The number of hydrogen-bond acceptors (Lipinski definition) is 5. The molecule has 0 spiro atoms. The number of nitro groups is 1. The van der Waals surface area contributed by atoms with Crippen LogP contribution in [0.25, 0.3) is 0 Å². The van der Waals surface area contributed by atoms with Crippen molar-refractivity contribution in [1.82, 2.24) is 14.8 Å². The van der Waals surface area contributed by atoms with Crippen LogP contribution in [0, 0.1) is 17.0 Å². The van der Waals surface area contributed by atoms with E-state index in [1.54, 1.807) is 9.58 Å². The van der Waals surface area contributed by atoms with Gasteiger partial charge in [-0.05, 0) is 36.6 Å². The van der Waals surface area contributed by atoms with E-state index >= 15 is 0 Å². The summed E-state index contributed by atoms with van der Waals surface area (Å²) in [5, 5.41) is 15.5. The second kappa shape index (κ2) is 8.31. The van der Waals surface area contributed by atoms with Crippen LogP contribution in [0.3, 0.4) is 0 Å². The molecule has 0 saturated heterocycles. The summed E-state index contributed by atoms with van der Waals surface area (Å²) >= 11 is 0. The fraction of sp³-hybridized carbons (Fsp3) is 0.160. The highest BCUT2D eigenvalue weighted by atomic mass is 16.6. The summed E-state index contributed by atoms with van der Waals surface area (Å²) in [5.74, 6) is 0.166. The number of nitrogens with zero attached hydrogens (tertiary/aromatic N) is 5. The third-order valence-corrected chi connectivity index (χ3v) is 6.01. The van der Waals surface area contributed by atoms with Gasteiger partial charge in [0.15, 0.2) is 0 Å². The molecule has 33 heavy (non-hydrogen) atoms. The van der Waals surface area contributed by atoms with Crippen molar-refractivity contribution in [3.8, 4) is 0 Å². The molecule has 0 saturated carbocycles. The van der Waals surface area contributed by atoms with Crippen LogP contribution in [0.5, 0.6) is 0 Å². The van der Waals surface area contributed by atoms with Crippen LogP contribution < -0.4 is 4.90 Å². The average molecular weight is 439 g/mol. The Hall–Kier alpha value is -4.33. The third-order valence-electron chi connectivity index (χ3n) is 6.01. The molecule has 1 aliphatic rings. The van der Waals surface area contributed by atoms with Crippen molar-refractivity contribution in [3.05, 3.63) is 118 Å².